The lowest BCUT2D eigenvalue weighted by atomic mass is 10.0. The molecule has 0 aliphatic carbocycles. The van der Waals surface area contributed by atoms with Gasteiger partial charge in [-0.25, -0.2) is 0 Å². The zero-order valence-electron chi connectivity index (χ0n) is 11.5. The van der Waals surface area contributed by atoms with Gasteiger partial charge in [0.25, 0.3) is 0 Å². The fraction of sp³-hybridized carbons (Fsp3) is 0.312. The Morgan fingerprint density at radius 3 is 3.00 bits per heavy atom. The molecule has 1 unspecified atom stereocenters. The molecule has 1 aromatic carbocycles. The Morgan fingerprint density at radius 1 is 1.30 bits per heavy atom. The van der Waals surface area contributed by atoms with Crippen LogP contribution >= 0.6 is 0 Å². The highest BCUT2D eigenvalue weighted by Crippen LogP contribution is 2.33. The van der Waals surface area contributed by atoms with E-state index in [-0.39, 0.29) is 5.92 Å². The molecule has 0 radical (unpaired) electrons. The van der Waals surface area contributed by atoms with Crippen LogP contribution in [-0.2, 0) is 6.54 Å². The Hall–Kier alpha value is -2.07. The van der Waals surface area contributed by atoms with Crippen molar-refractivity contribution in [3.63, 3.8) is 0 Å². The van der Waals surface area contributed by atoms with Crippen LogP contribution in [0.5, 0.6) is 11.5 Å². The van der Waals surface area contributed by atoms with Gasteiger partial charge in [0.15, 0.2) is 0 Å². The van der Waals surface area contributed by atoms with Crippen LogP contribution in [0, 0.1) is 6.92 Å². The highest BCUT2D eigenvalue weighted by atomic mass is 16.5. The Labute approximate surface area is 118 Å². The Morgan fingerprint density at radius 2 is 2.15 bits per heavy atom. The first-order valence-electron chi connectivity index (χ1n) is 6.79. The van der Waals surface area contributed by atoms with E-state index in [1.165, 1.54) is 5.56 Å². The first-order chi connectivity index (χ1) is 9.78. The zero-order chi connectivity index (χ0) is 13.9. The maximum atomic E-state index is 5.90. The highest BCUT2D eigenvalue weighted by Gasteiger charge is 2.24. The standard InChI is InChI=1S/C16H18N2O2/c1-11-6-7-16(14(8-17)18-11)20-10-12-9-19-15-5-3-2-4-13(12)15/h2-7,12H,8-10,17H2,1H3. The lowest BCUT2D eigenvalue weighted by Gasteiger charge is -2.13. The highest BCUT2D eigenvalue weighted by molar-refractivity contribution is 5.40. The Kier molecular flexibility index (Phi) is 3.56. The lowest BCUT2D eigenvalue weighted by molar-refractivity contribution is 0.246. The van der Waals surface area contributed by atoms with Crippen molar-refractivity contribution in [2.24, 2.45) is 5.73 Å². The summed E-state index contributed by atoms with van der Waals surface area (Å²) in [5.41, 5.74) is 8.68. The predicted molar refractivity (Wildman–Crippen MR) is 77.0 cm³/mol. The van der Waals surface area contributed by atoms with E-state index in [4.69, 9.17) is 15.2 Å². The van der Waals surface area contributed by atoms with Crippen molar-refractivity contribution in [3.8, 4) is 11.5 Å². The molecule has 0 saturated heterocycles. The van der Waals surface area contributed by atoms with Crippen molar-refractivity contribution in [2.45, 2.75) is 19.4 Å². The fourth-order valence-corrected chi connectivity index (χ4v) is 2.43. The minimum atomic E-state index is 0.262. The van der Waals surface area contributed by atoms with Crippen molar-refractivity contribution in [1.82, 2.24) is 4.98 Å². The van der Waals surface area contributed by atoms with E-state index >= 15 is 0 Å². The predicted octanol–water partition coefficient (Wildman–Crippen LogP) is 2.40. The quantitative estimate of drug-likeness (QED) is 0.927. The van der Waals surface area contributed by atoms with Crippen LogP contribution in [-0.4, -0.2) is 18.2 Å². The van der Waals surface area contributed by atoms with E-state index in [0.717, 1.165) is 22.9 Å². The van der Waals surface area contributed by atoms with Gasteiger partial charge in [0, 0.05) is 17.8 Å². The van der Waals surface area contributed by atoms with Crippen LogP contribution in [0.15, 0.2) is 36.4 Å². The van der Waals surface area contributed by atoms with Gasteiger partial charge < -0.3 is 15.2 Å². The summed E-state index contributed by atoms with van der Waals surface area (Å²) >= 11 is 0. The van der Waals surface area contributed by atoms with Gasteiger partial charge in [-0.1, -0.05) is 18.2 Å². The van der Waals surface area contributed by atoms with Crippen LogP contribution in [0.1, 0.15) is 22.9 Å². The second-order valence-corrected chi connectivity index (χ2v) is 4.96. The van der Waals surface area contributed by atoms with Gasteiger partial charge in [-0.2, -0.15) is 0 Å². The third-order valence-electron chi connectivity index (χ3n) is 3.50. The Balaban J connectivity index is 1.72. The molecule has 0 saturated carbocycles. The second kappa shape index (κ2) is 5.51. The minimum absolute atomic E-state index is 0.262. The summed E-state index contributed by atoms with van der Waals surface area (Å²) in [4.78, 5) is 4.40. The number of nitrogens with zero attached hydrogens (tertiary/aromatic N) is 1. The molecule has 0 bridgehead atoms. The summed E-state index contributed by atoms with van der Waals surface area (Å²) in [6.45, 7) is 3.57. The van der Waals surface area contributed by atoms with Crippen molar-refractivity contribution in [3.05, 3.63) is 53.3 Å². The van der Waals surface area contributed by atoms with Crippen LogP contribution in [0.2, 0.25) is 0 Å². The summed E-state index contributed by atoms with van der Waals surface area (Å²) in [6, 6.07) is 12.0. The average Bonchev–Trinajstić information content (AvgIpc) is 2.89. The van der Waals surface area contributed by atoms with Crippen LogP contribution in [0.4, 0.5) is 0 Å². The minimum Gasteiger partial charge on any atom is -0.493 e. The molecule has 2 heterocycles. The summed E-state index contributed by atoms with van der Waals surface area (Å²) in [5.74, 6) is 1.99. The van der Waals surface area contributed by atoms with Crippen molar-refractivity contribution in [2.75, 3.05) is 13.2 Å². The molecule has 3 rings (SSSR count). The van der Waals surface area contributed by atoms with Crippen LogP contribution < -0.4 is 15.2 Å². The smallest absolute Gasteiger partial charge is 0.142 e. The van der Waals surface area contributed by atoms with Crippen molar-refractivity contribution < 1.29 is 9.47 Å². The number of aryl methyl sites for hydroxylation is 1. The SMILES string of the molecule is Cc1ccc(OCC2COc3ccccc32)c(CN)n1. The molecule has 4 heteroatoms. The van der Waals surface area contributed by atoms with E-state index in [1.807, 2.05) is 37.3 Å². The fourth-order valence-electron chi connectivity index (χ4n) is 2.43. The number of fused-ring (bicyclic) bond motifs is 1. The molecule has 20 heavy (non-hydrogen) atoms. The summed E-state index contributed by atoms with van der Waals surface area (Å²) in [7, 11) is 0. The molecule has 0 amide bonds. The molecule has 0 fully saturated rings. The number of aromatic nitrogens is 1. The first kappa shape index (κ1) is 12.9. The van der Waals surface area contributed by atoms with Crippen molar-refractivity contribution >= 4 is 0 Å². The molecule has 1 atom stereocenters. The third kappa shape index (κ3) is 2.47. The molecule has 2 N–H and O–H groups in total. The monoisotopic (exact) mass is 270 g/mol. The first-order valence-corrected chi connectivity index (χ1v) is 6.79. The molecule has 2 aromatic rings. The number of hydrogen-bond acceptors (Lipinski definition) is 4. The summed E-state index contributed by atoms with van der Waals surface area (Å²) in [6.07, 6.45) is 0. The maximum Gasteiger partial charge on any atom is 0.142 e. The number of nitrogens with two attached hydrogens (primary N) is 1. The number of ether oxygens (including phenoxy) is 2. The van der Waals surface area contributed by atoms with Gasteiger partial charge in [-0.3, -0.25) is 4.98 Å². The van der Waals surface area contributed by atoms with Gasteiger partial charge in [0.05, 0.1) is 24.8 Å². The summed E-state index contributed by atoms with van der Waals surface area (Å²) < 4.78 is 11.6. The molecule has 4 nitrogen and oxygen atoms in total. The molecule has 1 aliphatic heterocycles. The van der Waals surface area contributed by atoms with E-state index < -0.39 is 0 Å². The number of pyridine rings is 1. The number of para-hydroxylation sites is 1. The van der Waals surface area contributed by atoms with Gasteiger partial charge in [-0.15, -0.1) is 0 Å². The summed E-state index contributed by atoms with van der Waals surface area (Å²) in [5, 5.41) is 0. The van der Waals surface area contributed by atoms with Crippen molar-refractivity contribution in [1.29, 1.82) is 0 Å². The number of hydrogen-bond donors (Lipinski definition) is 1. The largest absolute Gasteiger partial charge is 0.493 e. The molecule has 1 aromatic heterocycles. The third-order valence-corrected chi connectivity index (χ3v) is 3.50. The average molecular weight is 270 g/mol. The zero-order valence-corrected chi connectivity index (χ0v) is 11.5. The van der Waals surface area contributed by atoms with Crippen LogP contribution in [0.25, 0.3) is 0 Å². The van der Waals surface area contributed by atoms with E-state index in [2.05, 4.69) is 11.1 Å². The molecule has 104 valence electrons. The molecule has 0 spiro atoms. The number of rotatable bonds is 4. The van der Waals surface area contributed by atoms with E-state index in [1.54, 1.807) is 0 Å². The maximum absolute atomic E-state index is 5.90. The van der Waals surface area contributed by atoms with Gasteiger partial charge in [-0.05, 0) is 25.1 Å². The van der Waals surface area contributed by atoms with Crippen LogP contribution in [0.3, 0.4) is 0 Å². The normalized spacial score (nSPS) is 16.6. The number of benzene rings is 1. The molecular formula is C16H18N2O2. The Bertz CT molecular complexity index is 613. The van der Waals surface area contributed by atoms with Gasteiger partial charge in [0.1, 0.15) is 11.5 Å². The van der Waals surface area contributed by atoms with Gasteiger partial charge >= 0.3 is 0 Å². The molecule has 1 aliphatic rings. The van der Waals surface area contributed by atoms with Gasteiger partial charge in [0.2, 0.25) is 0 Å². The van der Waals surface area contributed by atoms with E-state index in [0.29, 0.717) is 19.8 Å². The molecular weight excluding hydrogens is 252 g/mol. The topological polar surface area (TPSA) is 57.4 Å². The van der Waals surface area contributed by atoms with E-state index in [9.17, 15) is 0 Å². The second-order valence-electron chi connectivity index (χ2n) is 4.96. The lowest BCUT2D eigenvalue weighted by Crippen LogP contribution is -2.14.